The fraction of sp³-hybridized carbons (Fsp3) is 0.538. The van der Waals surface area contributed by atoms with Gasteiger partial charge in [-0.1, -0.05) is 20.8 Å². The summed E-state index contributed by atoms with van der Waals surface area (Å²) in [5, 5.41) is 3.20. The van der Waals surface area contributed by atoms with Crippen LogP contribution in [0, 0.1) is 0 Å². The molecule has 18 heavy (non-hydrogen) atoms. The molecule has 0 aliphatic rings. The Kier molecular flexibility index (Phi) is 3.54. The number of aryl methyl sites for hydroxylation is 1. The second-order valence-corrected chi connectivity index (χ2v) is 6.53. The average Bonchev–Trinajstić information content (AvgIpc) is 2.85. The van der Waals surface area contributed by atoms with E-state index in [1.807, 2.05) is 17.8 Å². The zero-order valence-corrected chi connectivity index (χ0v) is 12.2. The summed E-state index contributed by atoms with van der Waals surface area (Å²) < 4.78 is 1.96. The molecule has 0 aromatic carbocycles. The number of hydrogen-bond acceptors (Lipinski definition) is 4. The fourth-order valence-electron chi connectivity index (χ4n) is 1.76. The molecule has 98 valence electrons. The fourth-order valence-corrected chi connectivity index (χ4v) is 2.84. The summed E-state index contributed by atoms with van der Waals surface area (Å²) in [5.41, 5.74) is 7.41. The Labute approximate surface area is 112 Å². The molecule has 0 aliphatic heterocycles. The van der Waals surface area contributed by atoms with Gasteiger partial charge >= 0.3 is 0 Å². The van der Waals surface area contributed by atoms with Crippen molar-refractivity contribution < 1.29 is 0 Å². The highest BCUT2D eigenvalue weighted by Gasteiger charge is 2.19. The van der Waals surface area contributed by atoms with Gasteiger partial charge in [-0.15, -0.1) is 11.3 Å². The molecule has 1 unspecified atom stereocenters. The van der Waals surface area contributed by atoms with E-state index in [0.717, 1.165) is 22.9 Å². The maximum atomic E-state index is 6.17. The average molecular weight is 264 g/mol. The first-order valence-electron chi connectivity index (χ1n) is 6.05. The second kappa shape index (κ2) is 4.82. The van der Waals surface area contributed by atoms with E-state index in [0.29, 0.717) is 0 Å². The van der Waals surface area contributed by atoms with E-state index in [1.165, 1.54) is 0 Å². The number of aromatic nitrogens is 3. The molecule has 2 aromatic heterocycles. The van der Waals surface area contributed by atoms with Crippen molar-refractivity contribution in [2.45, 2.75) is 38.6 Å². The minimum atomic E-state index is -0.0935. The van der Waals surface area contributed by atoms with E-state index in [9.17, 15) is 0 Å². The van der Waals surface area contributed by atoms with Crippen molar-refractivity contribution in [1.82, 2.24) is 14.5 Å². The zero-order valence-electron chi connectivity index (χ0n) is 11.3. The number of imidazole rings is 1. The Morgan fingerprint density at radius 2 is 2.17 bits per heavy atom. The topological polar surface area (TPSA) is 56.7 Å². The summed E-state index contributed by atoms with van der Waals surface area (Å²) in [6, 6.07) is -0.0935. The van der Waals surface area contributed by atoms with Crippen molar-refractivity contribution in [2.24, 2.45) is 12.8 Å². The lowest BCUT2D eigenvalue weighted by molar-refractivity contribution is 0.566. The smallest absolute Gasteiger partial charge is 0.125 e. The normalized spacial score (nSPS) is 13.8. The Balaban J connectivity index is 2.11. The lowest BCUT2D eigenvalue weighted by Gasteiger charge is -2.14. The van der Waals surface area contributed by atoms with Gasteiger partial charge in [0.05, 0.1) is 16.7 Å². The van der Waals surface area contributed by atoms with Gasteiger partial charge in [-0.3, -0.25) is 0 Å². The van der Waals surface area contributed by atoms with Gasteiger partial charge in [0.25, 0.3) is 0 Å². The molecule has 0 amide bonds. The zero-order chi connectivity index (χ0) is 13.3. The highest BCUT2D eigenvalue weighted by molar-refractivity contribution is 7.09. The maximum absolute atomic E-state index is 6.17. The molecular weight excluding hydrogens is 244 g/mol. The van der Waals surface area contributed by atoms with Crippen LogP contribution in [-0.2, 0) is 18.9 Å². The van der Waals surface area contributed by atoms with Gasteiger partial charge < -0.3 is 10.3 Å². The first-order valence-corrected chi connectivity index (χ1v) is 6.93. The quantitative estimate of drug-likeness (QED) is 0.926. The molecule has 2 N–H and O–H groups in total. The van der Waals surface area contributed by atoms with Crippen molar-refractivity contribution in [1.29, 1.82) is 0 Å². The third-order valence-corrected chi connectivity index (χ3v) is 3.78. The molecule has 0 saturated heterocycles. The van der Waals surface area contributed by atoms with Gasteiger partial charge in [-0.25, -0.2) is 9.97 Å². The summed E-state index contributed by atoms with van der Waals surface area (Å²) >= 11 is 1.68. The van der Waals surface area contributed by atoms with Crippen molar-refractivity contribution in [3.8, 4) is 0 Å². The molecule has 0 spiro atoms. The minimum Gasteiger partial charge on any atom is -0.337 e. The van der Waals surface area contributed by atoms with E-state index in [4.69, 9.17) is 5.73 Å². The molecule has 0 radical (unpaired) electrons. The van der Waals surface area contributed by atoms with Crippen molar-refractivity contribution in [3.63, 3.8) is 0 Å². The molecular formula is C13H20N4S. The minimum absolute atomic E-state index is 0.0935. The summed E-state index contributed by atoms with van der Waals surface area (Å²) in [6.45, 7) is 6.51. The molecule has 2 heterocycles. The van der Waals surface area contributed by atoms with Crippen LogP contribution in [0.5, 0.6) is 0 Å². The van der Waals surface area contributed by atoms with Crippen molar-refractivity contribution in [2.75, 3.05) is 0 Å². The predicted molar refractivity (Wildman–Crippen MR) is 74.7 cm³/mol. The van der Waals surface area contributed by atoms with Gasteiger partial charge in [-0.2, -0.15) is 0 Å². The van der Waals surface area contributed by atoms with E-state index in [-0.39, 0.29) is 11.5 Å². The lowest BCUT2D eigenvalue weighted by atomic mass is 9.93. The van der Waals surface area contributed by atoms with Crippen LogP contribution in [0.4, 0.5) is 0 Å². The molecule has 4 nitrogen and oxygen atoms in total. The van der Waals surface area contributed by atoms with Crippen LogP contribution < -0.4 is 5.73 Å². The molecule has 0 fully saturated rings. The van der Waals surface area contributed by atoms with Crippen LogP contribution >= 0.6 is 11.3 Å². The summed E-state index contributed by atoms with van der Waals surface area (Å²) in [4.78, 5) is 8.94. The van der Waals surface area contributed by atoms with Crippen LogP contribution in [0.3, 0.4) is 0 Å². The summed E-state index contributed by atoms with van der Waals surface area (Å²) in [6.07, 6.45) is 4.43. The van der Waals surface area contributed by atoms with Crippen LogP contribution in [0.15, 0.2) is 17.8 Å². The first-order chi connectivity index (χ1) is 8.38. The van der Waals surface area contributed by atoms with Gasteiger partial charge in [0.2, 0.25) is 0 Å². The molecule has 0 saturated carbocycles. The van der Waals surface area contributed by atoms with E-state index >= 15 is 0 Å². The summed E-state index contributed by atoms with van der Waals surface area (Å²) in [7, 11) is 1.96. The number of nitrogens with two attached hydrogens (primary N) is 1. The maximum Gasteiger partial charge on any atom is 0.125 e. The third-order valence-electron chi connectivity index (χ3n) is 2.90. The van der Waals surface area contributed by atoms with Gasteiger partial charge in [0, 0.05) is 36.7 Å². The molecule has 5 heteroatoms. The number of nitrogens with zero attached hydrogens (tertiary/aromatic N) is 3. The van der Waals surface area contributed by atoms with Crippen LogP contribution in [0.25, 0.3) is 0 Å². The first kappa shape index (κ1) is 13.2. The SMILES string of the molecule is Cn1ccnc1C(N)Cc1nc(C(C)(C)C)cs1. The van der Waals surface area contributed by atoms with Gasteiger partial charge in [-0.05, 0) is 0 Å². The second-order valence-electron chi connectivity index (χ2n) is 5.58. The molecule has 1 atom stereocenters. The number of thiazole rings is 1. The van der Waals surface area contributed by atoms with Gasteiger partial charge in [0.15, 0.2) is 0 Å². The van der Waals surface area contributed by atoms with Crippen LogP contribution in [0.2, 0.25) is 0 Å². The Hall–Kier alpha value is -1.20. The highest BCUT2D eigenvalue weighted by Crippen LogP contribution is 2.25. The Morgan fingerprint density at radius 1 is 1.44 bits per heavy atom. The Morgan fingerprint density at radius 3 is 2.67 bits per heavy atom. The molecule has 2 aromatic rings. The molecule has 2 rings (SSSR count). The predicted octanol–water partition coefficient (Wildman–Crippen LogP) is 2.42. The highest BCUT2D eigenvalue weighted by atomic mass is 32.1. The summed E-state index contributed by atoms with van der Waals surface area (Å²) in [5.74, 6) is 0.905. The monoisotopic (exact) mass is 264 g/mol. The van der Waals surface area contributed by atoms with Crippen LogP contribution in [-0.4, -0.2) is 14.5 Å². The lowest BCUT2D eigenvalue weighted by Crippen LogP contribution is -2.18. The van der Waals surface area contributed by atoms with E-state index in [1.54, 1.807) is 17.5 Å². The van der Waals surface area contributed by atoms with Crippen molar-refractivity contribution >= 4 is 11.3 Å². The number of rotatable bonds is 3. The van der Waals surface area contributed by atoms with Crippen LogP contribution in [0.1, 0.15) is 43.3 Å². The van der Waals surface area contributed by atoms with E-state index < -0.39 is 0 Å². The van der Waals surface area contributed by atoms with Gasteiger partial charge in [0.1, 0.15) is 5.82 Å². The Bertz CT molecular complexity index is 521. The number of hydrogen-bond donors (Lipinski definition) is 1. The van der Waals surface area contributed by atoms with E-state index in [2.05, 4.69) is 36.1 Å². The largest absolute Gasteiger partial charge is 0.337 e. The third kappa shape index (κ3) is 2.79. The van der Waals surface area contributed by atoms with Crippen molar-refractivity contribution in [3.05, 3.63) is 34.3 Å². The molecule has 0 aliphatic carbocycles. The molecule has 0 bridgehead atoms. The standard InChI is InChI=1S/C13H20N4S/c1-13(2,3)10-8-18-11(16-10)7-9(14)12-15-5-6-17(12)4/h5-6,8-9H,7,14H2,1-4H3.